The van der Waals surface area contributed by atoms with Crippen LogP contribution in [0.25, 0.3) is 33.0 Å². The highest BCUT2D eigenvalue weighted by Crippen LogP contribution is 2.42. The summed E-state index contributed by atoms with van der Waals surface area (Å²) in [5.41, 5.74) is 22.5. The van der Waals surface area contributed by atoms with Gasteiger partial charge in [-0.15, -0.1) is 0 Å². The van der Waals surface area contributed by atoms with Crippen LogP contribution in [0, 0.1) is 6.92 Å². The molecule has 3 nitrogen and oxygen atoms in total. The summed E-state index contributed by atoms with van der Waals surface area (Å²) in [4.78, 5) is 0. The largest absolute Gasteiger partial charge is 0.404 e. The number of rotatable bonds is 3. The lowest BCUT2D eigenvalue weighted by molar-refractivity contribution is 0.866. The molecule has 0 atom stereocenters. The van der Waals surface area contributed by atoms with Crippen molar-refractivity contribution >= 4 is 33.0 Å². The maximum absolute atomic E-state index is 6.48. The van der Waals surface area contributed by atoms with Gasteiger partial charge in [0, 0.05) is 51.4 Å². The molecule has 0 saturated heterocycles. The summed E-state index contributed by atoms with van der Waals surface area (Å²) in [6, 6.07) is 33.7. The molecule has 4 aromatic carbocycles. The Kier molecular flexibility index (Phi) is 6.46. The van der Waals surface area contributed by atoms with Gasteiger partial charge in [0.2, 0.25) is 0 Å². The lowest BCUT2D eigenvalue weighted by atomic mass is 9.97. The van der Waals surface area contributed by atoms with Gasteiger partial charge in [0.05, 0.1) is 0 Å². The second kappa shape index (κ2) is 10.0. The molecule has 36 heavy (non-hydrogen) atoms. The van der Waals surface area contributed by atoms with Crippen LogP contribution < -0.4 is 11.5 Å². The minimum Gasteiger partial charge on any atom is -0.404 e. The summed E-state index contributed by atoms with van der Waals surface area (Å²) < 4.78 is 2.40. The van der Waals surface area contributed by atoms with Crippen molar-refractivity contribution in [3.8, 4) is 0 Å². The minimum atomic E-state index is 0.746. The first-order valence-corrected chi connectivity index (χ1v) is 12.3. The normalized spacial score (nSPS) is 14.0. The third-order valence-corrected chi connectivity index (χ3v) is 6.71. The number of benzene rings is 4. The molecule has 1 aliphatic carbocycles. The molecule has 6 rings (SSSR count). The number of para-hydroxylation sites is 1. The fourth-order valence-electron chi connectivity index (χ4n) is 5.11. The Morgan fingerprint density at radius 2 is 1.47 bits per heavy atom. The summed E-state index contributed by atoms with van der Waals surface area (Å²) in [5.74, 6) is 0. The predicted molar refractivity (Wildman–Crippen MR) is 154 cm³/mol. The van der Waals surface area contributed by atoms with Crippen LogP contribution in [-0.2, 0) is 6.54 Å². The average Bonchev–Trinajstić information content (AvgIpc) is 3.37. The van der Waals surface area contributed by atoms with Crippen LogP contribution in [0.2, 0.25) is 0 Å². The van der Waals surface area contributed by atoms with Gasteiger partial charge in [-0.1, -0.05) is 96.6 Å². The second-order valence-corrected chi connectivity index (χ2v) is 9.03. The van der Waals surface area contributed by atoms with Gasteiger partial charge < -0.3 is 16.0 Å². The highest BCUT2D eigenvalue weighted by atomic mass is 15.0. The van der Waals surface area contributed by atoms with Gasteiger partial charge in [0.1, 0.15) is 0 Å². The maximum Gasteiger partial charge on any atom is 0.0494 e. The zero-order valence-electron chi connectivity index (χ0n) is 20.8. The molecule has 0 fully saturated rings. The Hall–Kier alpha value is -4.50. The molecule has 5 aromatic rings. The first-order chi connectivity index (χ1) is 17.6. The van der Waals surface area contributed by atoms with Gasteiger partial charge in [-0.05, 0) is 48.7 Å². The molecule has 1 aromatic heterocycles. The topological polar surface area (TPSA) is 57.0 Å². The standard InChI is InChI=1S/C27H25N3.C6H6/c1-3-7-21-20-10-6-8-18(26(20)23(15-28)27(21)29)16-30-24-11-5-4-9-19(24)22-14-17(2)12-13-25(22)30;1-2-4-6-5-3-1/h3-15H,16,28-29H2,1-2H3;1-6H/b7-3-,23-15+;. The van der Waals surface area contributed by atoms with Crippen LogP contribution in [0.1, 0.15) is 29.2 Å². The van der Waals surface area contributed by atoms with Gasteiger partial charge in [-0.2, -0.15) is 0 Å². The number of nitrogens with two attached hydrogens (primary N) is 2. The van der Waals surface area contributed by atoms with Gasteiger partial charge in [0.25, 0.3) is 0 Å². The van der Waals surface area contributed by atoms with Gasteiger partial charge in [-0.3, -0.25) is 0 Å². The van der Waals surface area contributed by atoms with Crippen molar-refractivity contribution in [2.75, 3.05) is 0 Å². The van der Waals surface area contributed by atoms with Crippen LogP contribution in [-0.4, -0.2) is 4.57 Å². The molecule has 4 N–H and O–H groups in total. The summed E-state index contributed by atoms with van der Waals surface area (Å²) in [6.45, 7) is 4.91. The molecule has 178 valence electrons. The lowest BCUT2D eigenvalue weighted by Gasteiger charge is -2.14. The third kappa shape index (κ3) is 4.09. The Morgan fingerprint density at radius 1 is 0.778 bits per heavy atom. The Balaban J connectivity index is 0.000000391. The number of hydrogen-bond donors (Lipinski definition) is 2. The van der Waals surface area contributed by atoms with Gasteiger partial charge in [0.15, 0.2) is 0 Å². The van der Waals surface area contributed by atoms with E-state index in [-0.39, 0.29) is 0 Å². The molecule has 0 unspecified atom stereocenters. The minimum absolute atomic E-state index is 0.746. The average molecular weight is 470 g/mol. The summed E-state index contributed by atoms with van der Waals surface area (Å²) in [7, 11) is 0. The van der Waals surface area contributed by atoms with Crippen molar-refractivity contribution in [1.29, 1.82) is 0 Å². The van der Waals surface area contributed by atoms with Crippen LogP contribution in [0.5, 0.6) is 0 Å². The molecule has 3 heteroatoms. The number of allylic oxidation sites excluding steroid dienone is 4. The zero-order chi connectivity index (χ0) is 25.1. The van der Waals surface area contributed by atoms with E-state index >= 15 is 0 Å². The number of hydrogen-bond acceptors (Lipinski definition) is 2. The van der Waals surface area contributed by atoms with Gasteiger partial charge >= 0.3 is 0 Å². The summed E-state index contributed by atoms with van der Waals surface area (Å²) >= 11 is 0. The molecule has 0 spiro atoms. The first-order valence-electron chi connectivity index (χ1n) is 12.3. The molecule has 1 heterocycles. The van der Waals surface area contributed by atoms with Gasteiger partial charge in [-0.25, -0.2) is 0 Å². The van der Waals surface area contributed by atoms with E-state index in [1.54, 1.807) is 6.20 Å². The summed E-state index contributed by atoms with van der Waals surface area (Å²) in [6.07, 6.45) is 5.73. The lowest BCUT2D eigenvalue weighted by Crippen LogP contribution is -2.05. The molecule has 0 bridgehead atoms. The van der Waals surface area contributed by atoms with Crippen molar-refractivity contribution in [3.05, 3.63) is 143 Å². The Labute approximate surface area is 212 Å². The number of fused-ring (bicyclic) bond motifs is 4. The van der Waals surface area contributed by atoms with Crippen molar-refractivity contribution in [2.24, 2.45) is 11.5 Å². The van der Waals surface area contributed by atoms with E-state index in [2.05, 4.69) is 78.2 Å². The number of nitrogens with zero attached hydrogens (tertiary/aromatic N) is 1. The monoisotopic (exact) mass is 469 g/mol. The highest BCUT2D eigenvalue weighted by Gasteiger charge is 2.26. The van der Waals surface area contributed by atoms with Crippen molar-refractivity contribution < 1.29 is 0 Å². The van der Waals surface area contributed by atoms with Crippen molar-refractivity contribution in [1.82, 2.24) is 4.57 Å². The van der Waals surface area contributed by atoms with Crippen LogP contribution in [0.3, 0.4) is 0 Å². The second-order valence-electron chi connectivity index (χ2n) is 9.03. The zero-order valence-corrected chi connectivity index (χ0v) is 20.8. The Morgan fingerprint density at radius 3 is 2.17 bits per heavy atom. The first kappa shape index (κ1) is 23.3. The SMILES string of the molecule is C\C=C/C1=C(N)\C(=C\N)c2c(Cn3c4ccccc4c4cc(C)ccc43)cccc21.c1ccccc1. The fourth-order valence-corrected chi connectivity index (χ4v) is 5.11. The van der Waals surface area contributed by atoms with Crippen molar-refractivity contribution in [2.45, 2.75) is 20.4 Å². The van der Waals surface area contributed by atoms with Crippen molar-refractivity contribution in [3.63, 3.8) is 0 Å². The number of aryl methyl sites for hydroxylation is 1. The molecule has 0 aliphatic heterocycles. The van der Waals surface area contributed by atoms with E-state index in [9.17, 15) is 0 Å². The molecule has 0 radical (unpaired) electrons. The molecule has 1 aliphatic rings. The smallest absolute Gasteiger partial charge is 0.0494 e. The predicted octanol–water partition coefficient (Wildman–Crippen LogP) is 7.40. The molecule has 0 amide bonds. The number of aromatic nitrogens is 1. The van der Waals surface area contributed by atoms with E-state index in [0.29, 0.717) is 0 Å². The maximum atomic E-state index is 6.48. The van der Waals surface area contributed by atoms with Crippen LogP contribution in [0.4, 0.5) is 0 Å². The van der Waals surface area contributed by atoms with E-state index < -0.39 is 0 Å². The quantitative estimate of drug-likeness (QED) is 0.289. The Bertz CT molecular complexity index is 1610. The molecule has 0 saturated carbocycles. The molecular weight excluding hydrogens is 438 g/mol. The molecular formula is C33H31N3. The highest BCUT2D eigenvalue weighted by molar-refractivity contribution is 6.08. The van der Waals surface area contributed by atoms with Crippen LogP contribution in [0.15, 0.2) is 121 Å². The summed E-state index contributed by atoms with van der Waals surface area (Å²) in [5, 5.41) is 2.57. The fraction of sp³-hybridized carbons (Fsp3) is 0.0909. The third-order valence-electron chi connectivity index (χ3n) is 6.71. The van der Waals surface area contributed by atoms with E-state index in [1.165, 1.54) is 32.9 Å². The van der Waals surface area contributed by atoms with E-state index in [0.717, 1.165) is 34.5 Å². The van der Waals surface area contributed by atoms with Crippen LogP contribution >= 0.6 is 0 Å². The van der Waals surface area contributed by atoms with E-state index in [4.69, 9.17) is 11.5 Å². The van der Waals surface area contributed by atoms with E-state index in [1.807, 2.05) is 49.4 Å².